The molecule has 0 heterocycles. The first-order valence-electron chi connectivity index (χ1n) is 6.04. The second kappa shape index (κ2) is 6.64. The molecule has 0 fully saturated rings. The summed E-state index contributed by atoms with van der Waals surface area (Å²) >= 11 is 15.1. The van der Waals surface area contributed by atoms with E-state index in [2.05, 4.69) is 21.2 Å². The minimum Gasteiger partial charge on any atom is -0.378 e. The van der Waals surface area contributed by atoms with Crippen molar-refractivity contribution < 1.29 is 4.92 Å². The lowest BCUT2D eigenvalue weighted by Gasteiger charge is -2.16. The van der Waals surface area contributed by atoms with Gasteiger partial charge in [0.1, 0.15) is 0 Å². The van der Waals surface area contributed by atoms with Crippen molar-refractivity contribution in [3.05, 3.63) is 66.6 Å². The molecule has 0 spiro atoms. The molecule has 1 N–H and O–H groups in total. The third kappa shape index (κ3) is 3.87. The van der Waals surface area contributed by atoms with Gasteiger partial charge in [0.15, 0.2) is 0 Å². The third-order valence-electron chi connectivity index (χ3n) is 2.97. The van der Waals surface area contributed by atoms with Crippen LogP contribution in [0.1, 0.15) is 18.5 Å². The SMILES string of the molecule is CC(Nc1ccc([N+](=O)[O-])c(Br)c1)c1ccc(Cl)c(Cl)c1. The number of hydrogen-bond donors (Lipinski definition) is 1. The molecule has 2 rings (SSSR count). The van der Waals surface area contributed by atoms with Gasteiger partial charge in [0.25, 0.3) is 5.69 Å². The summed E-state index contributed by atoms with van der Waals surface area (Å²) in [4.78, 5) is 10.3. The van der Waals surface area contributed by atoms with E-state index in [0.29, 0.717) is 14.5 Å². The molecule has 1 atom stereocenters. The van der Waals surface area contributed by atoms with E-state index < -0.39 is 4.92 Å². The van der Waals surface area contributed by atoms with Crippen molar-refractivity contribution in [1.29, 1.82) is 0 Å². The molecule has 0 bridgehead atoms. The van der Waals surface area contributed by atoms with E-state index in [-0.39, 0.29) is 11.7 Å². The number of rotatable bonds is 4. The number of hydrogen-bond acceptors (Lipinski definition) is 3. The van der Waals surface area contributed by atoms with Gasteiger partial charge < -0.3 is 5.32 Å². The Bertz CT molecular complexity index is 695. The normalized spacial score (nSPS) is 12.0. The Hall–Kier alpha value is -1.30. The van der Waals surface area contributed by atoms with Crippen molar-refractivity contribution >= 4 is 50.5 Å². The molecule has 7 heteroatoms. The smallest absolute Gasteiger partial charge is 0.283 e. The molecule has 0 saturated carbocycles. The maximum atomic E-state index is 10.8. The first kappa shape index (κ1) is 16.1. The molecule has 0 saturated heterocycles. The molecule has 0 aliphatic carbocycles. The molecule has 21 heavy (non-hydrogen) atoms. The van der Waals surface area contributed by atoms with Gasteiger partial charge in [-0.25, -0.2) is 0 Å². The van der Waals surface area contributed by atoms with Crippen LogP contribution in [0.3, 0.4) is 0 Å². The lowest BCUT2D eigenvalue weighted by molar-refractivity contribution is -0.385. The summed E-state index contributed by atoms with van der Waals surface area (Å²) in [6.45, 7) is 1.97. The van der Waals surface area contributed by atoms with Crippen LogP contribution in [-0.2, 0) is 0 Å². The number of nitro benzene ring substituents is 1. The average molecular weight is 390 g/mol. The van der Waals surface area contributed by atoms with Gasteiger partial charge in [-0.15, -0.1) is 0 Å². The Morgan fingerprint density at radius 1 is 1.19 bits per heavy atom. The van der Waals surface area contributed by atoms with E-state index in [4.69, 9.17) is 23.2 Å². The van der Waals surface area contributed by atoms with Gasteiger partial charge in [0, 0.05) is 17.8 Å². The van der Waals surface area contributed by atoms with Gasteiger partial charge in [-0.3, -0.25) is 10.1 Å². The summed E-state index contributed by atoms with van der Waals surface area (Å²) in [7, 11) is 0. The van der Waals surface area contributed by atoms with Gasteiger partial charge in [-0.05, 0) is 52.7 Å². The van der Waals surface area contributed by atoms with Gasteiger partial charge in [-0.2, -0.15) is 0 Å². The lowest BCUT2D eigenvalue weighted by Crippen LogP contribution is -2.06. The quantitative estimate of drug-likeness (QED) is 0.528. The standard InChI is InChI=1S/C14H11BrCl2N2O2/c1-8(9-2-4-12(16)13(17)6-9)18-10-3-5-14(19(20)21)11(15)7-10/h2-8,18H,1H3. The van der Waals surface area contributed by atoms with Gasteiger partial charge in [0.2, 0.25) is 0 Å². The molecular formula is C14H11BrCl2N2O2. The highest BCUT2D eigenvalue weighted by atomic mass is 79.9. The number of nitrogens with one attached hydrogen (secondary N) is 1. The Morgan fingerprint density at radius 3 is 2.48 bits per heavy atom. The maximum absolute atomic E-state index is 10.8. The summed E-state index contributed by atoms with van der Waals surface area (Å²) in [6, 6.07) is 10.2. The number of nitro groups is 1. The molecule has 0 aliphatic heterocycles. The average Bonchev–Trinajstić information content (AvgIpc) is 2.41. The second-order valence-corrected chi connectivity index (χ2v) is 6.13. The Labute approximate surface area is 140 Å². The third-order valence-corrected chi connectivity index (χ3v) is 4.35. The van der Waals surface area contributed by atoms with Crippen LogP contribution in [0.5, 0.6) is 0 Å². The van der Waals surface area contributed by atoms with Gasteiger partial charge >= 0.3 is 0 Å². The topological polar surface area (TPSA) is 55.2 Å². The summed E-state index contributed by atoms with van der Waals surface area (Å²) in [6.07, 6.45) is 0. The van der Waals surface area contributed by atoms with Crippen LogP contribution in [-0.4, -0.2) is 4.92 Å². The van der Waals surface area contributed by atoms with Gasteiger partial charge in [0.05, 0.1) is 19.4 Å². The Balaban J connectivity index is 2.19. The maximum Gasteiger partial charge on any atom is 0.283 e. The van der Waals surface area contributed by atoms with Crippen LogP contribution in [0.25, 0.3) is 0 Å². The largest absolute Gasteiger partial charge is 0.378 e. The summed E-state index contributed by atoms with van der Waals surface area (Å²) in [5, 5.41) is 15.0. The van der Waals surface area contributed by atoms with Crippen LogP contribution >= 0.6 is 39.1 Å². The molecule has 0 amide bonds. The zero-order valence-corrected chi connectivity index (χ0v) is 14.0. The Kier molecular flexibility index (Phi) is 5.08. The fraction of sp³-hybridized carbons (Fsp3) is 0.143. The van der Waals surface area contributed by atoms with Gasteiger partial charge in [-0.1, -0.05) is 29.3 Å². The first-order valence-corrected chi connectivity index (χ1v) is 7.59. The van der Waals surface area contributed by atoms with Crippen molar-refractivity contribution in [3.63, 3.8) is 0 Å². The molecule has 0 aromatic heterocycles. The predicted octanol–water partition coefficient (Wildman–Crippen LogP) is 5.84. The number of anilines is 1. The van der Waals surface area contributed by atoms with E-state index >= 15 is 0 Å². The van der Waals surface area contributed by atoms with Crippen molar-refractivity contribution in [1.82, 2.24) is 0 Å². The van der Waals surface area contributed by atoms with Crippen molar-refractivity contribution in [3.8, 4) is 0 Å². The highest BCUT2D eigenvalue weighted by molar-refractivity contribution is 9.10. The molecule has 110 valence electrons. The monoisotopic (exact) mass is 388 g/mol. The van der Waals surface area contributed by atoms with E-state index in [9.17, 15) is 10.1 Å². The first-order chi connectivity index (χ1) is 9.88. The van der Waals surface area contributed by atoms with Crippen LogP contribution < -0.4 is 5.32 Å². The van der Waals surface area contributed by atoms with E-state index in [1.807, 2.05) is 13.0 Å². The fourth-order valence-corrected chi connectivity index (χ4v) is 2.69. The van der Waals surface area contributed by atoms with E-state index in [1.165, 1.54) is 6.07 Å². The van der Waals surface area contributed by atoms with Crippen LogP contribution in [0, 0.1) is 10.1 Å². The number of halogens is 3. The lowest BCUT2D eigenvalue weighted by atomic mass is 10.1. The molecule has 0 aliphatic rings. The number of nitrogens with zero attached hydrogens (tertiary/aromatic N) is 1. The van der Waals surface area contributed by atoms with Crippen LogP contribution in [0.4, 0.5) is 11.4 Å². The van der Waals surface area contributed by atoms with Crippen molar-refractivity contribution in [2.75, 3.05) is 5.32 Å². The summed E-state index contributed by atoms with van der Waals surface area (Å²) in [5.74, 6) is 0. The number of benzene rings is 2. The highest BCUT2D eigenvalue weighted by Crippen LogP contribution is 2.31. The molecule has 2 aromatic rings. The Morgan fingerprint density at radius 2 is 1.90 bits per heavy atom. The fourth-order valence-electron chi connectivity index (χ4n) is 1.86. The highest BCUT2D eigenvalue weighted by Gasteiger charge is 2.13. The van der Waals surface area contributed by atoms with E-state index in [0.717, 1.165) is 11.3 Å². The molecule has 0 radical (unpaired) electrons. The molecule has 2 aromatic carbocycles. The van der Waals surface area contributed by atoms with Crippen molar-refractivity contribution in [2.24, 2.45) is 0 Å². The zero-order valence-electron chi connectivity index (χ0n) is 10.9. The van der Waals surface area contributed by atoms with Crippen LogP contribution in [0.15, 0.2) is 40.9 Å². The molecular weight excluding hydrogens is 379 g/mol. The summed E-state index contributed by atoms with van der Waals surface area (Å²) < 4.78 is 0.429. The second-order valence-electron chi connectivity index (χ2n) is 4.46. The minimum atomic E-state index is -0.434. The minimum absolute atomic E-state index is 0.0203. The summed E-state index contributed by atoms with van der Waals surface area (Å²) in [5.41, 5.74) is 1.77. The molecule has 1 unspecified atom stereocenters. The van der Waals surface area contributed by atoms with Crippen LogP contribution in [0.2, 0.25) is 10.0 Å². The molecule has 4 nitrogen and oxygen atoms in total. The van der Waals surface area contributed by atoms with Crippen molar-refractivity contribution in [2.45, 2.75) is 13.0 Å². The zero-order chi connectivity index (χ0) is 15.6. The predicted molar refractivity (Wildman–Crippen MR) is 89.3 cm³/mol. The van der Waals surface area contributed by atoms with E-state index in [1.54, 1.807) is 24.3 Å².